The molecule has 0 unspecified atom stereocenters. The van der Waals surface area contributed by atoms with Gasteiger partial charge in [-0.25, -0.2) is 8.42 Å². The summed E-state index contributed by atoms with van der Waals surface area (Å²) < 4.78 is 117. The van der Waals surface area contributed by atoms with Crippen LogP contribution in [-0.2, 0) is 85.6 Å². The van der Waals surface area contributed by atoms with Crippen LogP contribution in [0.3, 0.4) is 0 Å². The van der Waals surface area contributed by atoms with Crippen molar-refractivity contribution < 1.29 is 118 Å². The van der Waals surface area contributed by atoms with E-state index in [1.54, 1.807) is 0 Å². The van der Waals surface area contributed by atoms with Crippen LogP contribution in [0.1, 0.15) is 58.3 Å². The van der Waals surface area contributed by atoms with Gasteiger partial charge in [-0.3, -0.25) is 4.18 Å². The first-order valence-corrected chi connectivity index (χ1v) is 23.2. The molecule has 362 valence electrons. The molecule has 0 aliphatic heterocycles. The fraction of sp³-hybridized carbons (Fsp3) is 1.00. The van der Waals surface area contributed by atoms with E-state index < -0.39 is 10.4 Å². The zero-order valence-electron chi connectivity index (χ0n) is 37.7. The van der Waals surface area contributed by atoms with Crippen molar-refractivity contribution in [1.29, 1.82) is 0 Å². The summed E-state index contributed by atoms with van der Waals surface area (Å²) in [5.74, 6) is 0. The molecule has 0 aromatic rings. The number of rotatable bonds is 55. The fourth-order valence-electron chi connectivity index (χ4n) is 4.71. The second-order valence-electron chi connectivity index (χ2n) is 12.9. The maximum atomic E-state index is 10.2. The maximum absolute atomic E-state index is 10.2. The fourth-order valence-corrected chi connectivity index (χ4v) is 4.99. The van der Waals surface area contributed by atoms with E-state index in [-0.39, 0.29) is 49.4 Å². The van der Waals surface area contributed by atoms with E-state index in [2.05, 4.69) is 11.1 Å². The molecule has 0 fully saturated rings. The Morgan fingerprint density at radius 2 is 0.426 bits per heavy atom. The Labute approximate surface area is 389 Å². The first-order chi connectivity index (χ1) is 29.6. The molecule has 0 spiro atoms. The Balaban J connectivity index is 0. The Kier molecular flexibility index (Phi) is 58.6. The van der Waals surface area contributed by atoms with Gasteiger partial charge < -0.3 is 75.6 Å². The van der Waals surface area contributed by atoms with Crippen LogP contribution in [0.2, 0.25) is 0 Å². The van der Waals surface area contributed by atoms with E-state index in [0.717, 1.165) is 13.0 Å². The summed E-state index contributed by atoms with van der Waals surface area (Å²) in [5, 5.41) is 0. The molecule has 0 aliphatic rings. The number of unbranched alkanes of at least 4 members (excludes halogenated alkanes) is 7. The molecule has 61 heavy (non-hydrogen) atoms. The topological polar surface area (TPSA) is 205 Å². The third kappa shape index (κ3) is 62.4. The first-order valence-electron chi connectivity index (χ1n) is 21.8. The molecule has 0 N–H and O–H groups in total. The molecule has 0 heterocycles. The zero-order chi connectivity index (χ0) is 43.4. The quantitative estimate of drug-likeness (QED) is 0.0337. The molecule has 19 nitrogen and oxygen atoms in total. The minimum Gasteiger partial charge on any atom is -0.726 e. The van der Waals surface area contributed by atoms with Crippen LogP contribution in [-0.4, -0.2) is 218 Å². The molecule has 0 amide bonds. The molecule has 0 radical (unpaired) electrons. The van der Waals surface area contributed by atoms with Crippen LogP contribution >= 0.6 is 0 Å². The average Bonchev–Trinajstić information content (AvgIpc) is 3.23. The number of ether oxygens (including phenoxy) is 15. The van der Waals surface area contributed by atoms with Gasteiger partial charge in [0.25, 0.3) is 0 Å². The van der Waals surface area contributed by atoms with Crippen molar-refractivity contribution in [3.63, 3.8) is 0 Å². The molecular weight excluding hydrogens is 839 g/mol. The minimum atomic E-state index is -4.68. The smallest absolute Gasteiger partial charge is 0.726 e. The van der Waals surface area contributed by atoms with E-state index >= 15 is 0 Å². The van der Waals surface area contributed by atoms with Gasteiger partial charge in [0.05, 0.1) is 198 Å². The number of hydrogen-bond acceptors (Lipinski definition) is 19. The van der Waals surface area contributed by atoms with Gasteiger partial charge in [-0.1, -0.05) is 51.9 Å². The Bertz CT molecular complexity index is 900. The maximum Gasteiger partial charge on any atom is 1.00 e. The van der Waals surface area contributed by atoms with Crippen LogP contribution in [0, 0.1) is 0 Å². The standard InChI is InChI=1S/C40H82O19S.Na/c1-2-3-4-5-6-7-8-9-10-44-11-12-45-13-14-46-15-16-47-17-18-48-19-20-49-21-22-50-23-24-51-25-26-52-27-28-53-29-30-54-31-32-55-33-34-56-35-36-57-37-38-58-39-40-59-60(41,42)43;/h2-40H2,1H3,(H,41,42,43);/q;+1/p-1. The summed E-state index contributed by atoms with van der Waals surface area (Å²) in [4.78, 5) is 0. The van der Waals surface area contributed by atoms with Crippen LogP contribution in [0.4, 0.5) is 0 Å². The second kappa shape index (κ2) is 56.4. The molecule has 0 saturated heterocycles. The largest absolute Gasteiger partial charge is 1.00 e. The molecule has 0 atom stereocenters. The van der Waals surface area contributed by atoms with E-state index in [1.807, 2.05) is 0 Å². The summed E-state index contributed by atoms with van der Waals surface area (Å²) in [6, 6.07) is 0. The SMILES string of the molecule is CCCCCCCCCCOCCOCCOCCOCCOCCOCCOCCOCCOCCOCCOCCOCCOCCOCCOCCOS(=O)(=O)[O-].[Na+]. The molecule has 0 aliphatic carbocycles. The molecule has 0 aromatic carbocycles. The zero-order valence-corrected chi connectivity index (χ0v) is 40.6. The van der Waals surface area contributed by atoms with Crippen molar-refractivity contribution in [2.45, 2.75) is 58.3 Å². The summed E-state index contributed by atoms with van der Waals surface area (Å²) >= 11 is 0. The number of hydrogen-bond donors (Lipinski definition) is 0. The summed E-state index contributed by atoms with van der Waals surface area (Å²) in [6.45, 7) is 16.1. The van der Waals surface area contributed by atoms with Gasteiger partial charge in [0.2, 0.25) is 10.4 Å². The predicted octanol–water partition coefficient (Wildman–Crippen LogP) is -0.143. The van der Waals surface area contributed by atoms with Gasteiger partial charge in [0.1, 0.15) is 0 Å². The van der Waals surface area contributed by atoms with E-state index in [9.17, 15) is 13.0 Å². The van der Waals surface area contributed by atoms with Crippen LogP contribution in [0.25, 0.3) is 0 Å². The summed E-state index contributed by atoms with van der Waals surface area (Å²) in [7, 11) is -4.68. The van der Waals surface area contributed by atoms with Gasteiger partial charge in [-0.15, -0.1) is 0 Å². The molecular formula is C40H81NaO19S. The Hall–Kier alpha value is 0.270. The average molecular weight is 921 g/mol. The first kappa shape index (κ1) is 63.4. The molecule has 0 saturated carbocycles. The van der Waals surface area contributed by atoms with Gasteiger partial charge in [0, 0.05) is 6.61 Å². The van der Waals surface area contributed by atoms with Gasteiger partial charge in [-0.05, 0) is 6.42 Å². The van der Waals surface area contributed by atoms with Gasteiger partial charge >= 0.3 is 29.6 Å². The van der Waals surface area contributed by atoms with Crippen molar-refractivity contribution in [2.24, 2.45) is 0 Å². The molecule has 21 heteroatoms. The van der Waals surface area contributed by atoms with Gasteiger partial charge in [-0.2, -0.15) is 0 Å². The molecule has 0 aromatic heterocycles. The monoisotopic (exact) mass is 920 g/mol. The van der Waals surface area contributed by atoms with E-state index in [0.29, 0.717) is 178 Å². The van der Waals surface area contributed by atoms with Crippen LogP contribution < -0.4 is 29.6 Å². The third-order valence-corrected chi connectivity index (χ3v) is 8.26. The summed E-state index contributed by atoms with van der Waals surface area (Å²) in [6.07, 6.45) is 10.5. The Morgan fingerprint density at radius 1 is 0.262 bits per heavy atom. The van der Waals surface area contributed by atoms with E-state index in [4.69, 9.17) is 71.1 Å². The Morgan fingerprint density at radius 3 is 0.623 bits per heavy atom. The van der Waals surface area contributed by atoms with Crippen molar-refractivity contribution >= 4 is 10.4 Å². The van der Waals surface area contributed by atoms with Crippen molar-refractivity contribution in [3.05, 3.63) is 0 Å². The van der Waals surface area contributed by atoms with Crippen molar-refractivity contribution in [2.75, 3.05) is 205 Å². The molecule has 0 rings (SSSR count). The predicted molar refractivity (Wildman–Crippen MR) is 221 cm³/mol. The van der Waals surface area contributed by atoms with Gasteiger partial charge in [0.15, 0.2) is 0 Å². The van der Waals surface area contributed by atoms with Crippen molar-refractivity contribution in [3.8, 4) is 0 Å². The van der Waals surface area contributed by atoms with E-state index in [1.165, 1.54) is 44.9 Å². The second-order valence-corrected chi connectivity index (χ2v) is 13.9. The van der Waals surface area contributed by atoms with Crippen molar-refractivity contribution in [1.82, 2.24) is 0 Å². The van der Waals surface area contributed by atoms with Crippen LogP contribution in [0.15, 0.2) is 0 Å². The minimum absolute atomic E-state index is 0. The normalized spacial score (nSPS) is 11.8. The molecule has 0 bridgehead atoms. The third-order valence-electron chi connectivity index (χ3n) is 7.81. The summed E-state index contributed by atoms with van der Waals surface area (Å²) in [5.41, 5.74) is 0. The van der Waals surface area contributed by atoms with Crippen LogP contribution in [0.5, 0.6) is 0 Å².